The highest BCUT2D eigenvalue weighted by atomic mass is 19.1. The lowest BCUT2D eigenvalue weighted by atomic mass is 10.00. The lowest BCUT2D eigenvalue weighted by Crippen LogP contribution is -2.08. The summed E-state index contributed by atoms with van der Waals surface area (Å²) in [6.07, 6.45) is -0.205. The molecule has 2 aromatic rings. The number of halogens is 2. The van der Waals surface area contributed by atoms with Crippen LogP contribution < -0.4 is 4.74 Å². The number of benzene rings is 2. The van der Waals surface area contributed by atoms with Crippen molar-refractivity contribution in [3.8, 4) is 5.75 Å². The van der Waals surface area contributed by atoms with Gasteiger partial charge in [0.1, 0.15) is 17.4 Å². The normalized spacial score (nSPS) is 10.4. The Balaban J connectivity index is 2.32. The Morgan fingerprint density at radius 2 is 1.90 bits per heavy atom. The molecule has 0 N–H and O–H groups in total. The number of ketones is 1. The Labute approximate surface area is 116 Å². The third-order valence-electron chi connectivity index (χ3n) is 3.01. The average molecular weight is 276 g/mol. The number of carbonyl (C=O) groups is 1. The summed E-state index contributed by atoms with van der Waals surface area (Å²) in [4.78, 5) is 12.2. The molecule has 0 aromatic heterocycles. The van der Waals surface area contributed by atoms with Crippen LogP contribution in [0.5, 0.6) is 5.75 Å². The monoisotopic (exact) mass is 276 g/mol. The lowest BCUT2D eigenvalue weighted by Gasteiger charge is -2.09. The van der Waals surface area contributed by atoms with E-state index in [1.807, 2.05) is 13.0 Å². The Morgan fingerprint density at radius 1 is 1.15 bits per heavy atom. The molecule has 104 valence electrons. The molecular formula is C16H14F2O2. The van der Waals surface area contributed by atoms with E-state index in [1.54, 1.807) is 12.1 Å². The Bertz CT molecular complexity index is 651. The van der Waals surface area contributed by atoms with Crippen LogP contribution in [-0.4, -0.2) is 12.9 Å². The second-order valence-corrected chi connectivity index (χ2v) is 4.54. The molecule has 2 rings (SSSR count). The molecule has 0 amide bonds. The van der Waals surface area contributed by atoms with Crippen molar-refractivity contribution >= 4 is 5.78 Å². The van der Waals surface area contributed by atoms with Gasteiger partial charge in [-0.2, -0.15) is 0 Å². The van der Waals surface area contributed by atoms with Crippen molar-refractivity contribution in [3.05, 3.63) is 64.7 Å². The first-order chi connectivity index (χ1) is 9.51. The van der Waals surface area contributed by atoms with E-state index < -0.39 is 11.6 Å². The molecule has 0 aliphatic carbocycles. The van der Waals surface area contributed by atoms with Gasteiger partial charge >= 0.3 is 0 Å². The topological polar surface area (TPSA) is 26.3 Å². The highest BCUT2D eigenvalue weighted by Crippen LogP contribution is 2.22. The number of hydrogen-bond acceptors (Lipinski definition) is 2. The second kappa shape index (κ2) is 5.82. The van der Waals surface area contributed by atoms with Crippen molar-refractivity contribution in [3.63, 3.8) is 0 Å². The van der Waals surface area contributed by atoms with Gasteiger partial charge in [-0.25, -0.2) is 8.78 Å². The zero-order valence-electron chi connectivity index (χ0n) is 11.2. The third-order valence-corrected chi connectivity index (χ3v) is 3.01. The van der Waals surface area contributed by atoms with Crippen molar-refractivity contribution in [1.29, 1.82) is 0 Å². The molecule has 0 bridgehead atoms. The van der Waals surface area contributed by atoms with Gasteiger partial charge in [0, 0.05) is 6.42 Å². The zero-order chi connectivity index (χ0) is 14.7. The highest BCUT2D eigenvalue weighted by Gasteiger charge is 2.15. The second-order valence-electron chi connectivity index (χ2n) is 4.54. The van der Waals surface area contributed by atoms with E-state index in [9.17, 15) is 13.6 Å². The van der Waals surface area contributed by atoms with Gasteiger partial charge in [0.25, 0.3) is 0 Å². The van der Waals surface area contributed by atoms with Gasteiger partial charge in [0.2, 0.25) is 0 Å². The van der Waals surface area contributed by atoms with Crippen LogP contribution in [0.3, 0.4) is 0 Å². The molecule has 0 aliphatic rings. The predicted octanol–water partition coefficient (Wildman–Crippen LogP) is 3.71. The summed E-state index contributed by atoms with van der Waals surface area (Å²) in [6.45, 7) is 1.85. The summed E-state index contributed by atoms with van der Waals surface area (Å²) >= 11 is 0. The molecule has 0 unspecified atom stereocenters. The first-order valence-electron chi connectivity index (χ1n) is 6.13. The van der Waals surface area contributed by atoms with Crippen molar-refractivity contribution in [1.82, 2.24) is 0 Å². The fourth-order valence-corrected chi connectivity index (χ4v) is 1.99. The standard InChI is InChI=1S/C16H14F2O2/c1-10-3-6-16(20-2)13(7-10)15(19)9-11-8-12(17)4-5-14(11)18/h3-8H,9H2,1-2H3. The molecule has 0 heterocycles. The van der Waals surface area contributed by atoms with E-state index >= 15 is 0 Å². The highest BCUT2D eigenvalue weighted by molar-refractivity contribution is 6.00. The number of rotatable bonds is 4. The number of aryl methyl sites for hydroxylation is 1. The van der Waals surface area contributed by atoms with Crippen molar-refractivity contribution < 1.29 is 18.3 Å². The molecule has 0 radical (unpaired) electrons. The molecule has 0 aliphatic heterocycles. The van der Waals surface area contributed by atoms with Crippen LogP contribution in [0.25, 0.3) is 0 Å². The first kappa shape index (κ1) is 14.2. The van der Waals surface area contributed by atoms with Gasteiger partial charge in [-0.1, -0.05) is 11.6 Å². The van der Waals surface area contributed by atoms with Crippen LogP contribution in [0, 0.1) is 18.6 Å². The first-order valence-corrected chi connectivity index (χ1v) is 6.13. The fraction of sp³-hybridized carbons (Fsp3) is 0.188. The number of Topliss-reactive ketones (excluding diaryl/α,β-unsaturated/α-hetero) is 1. The van der Waals surface area contributed by atoms with Crippen LogP contribution in [0.2, 0.25) is 0 Å². The Kier molecular flexibility index (Phi) is 4.13. The van der Waals surface area contributed by atoms with Gasteiger partial charge < -0.3 is 4.74 Å². The van der Waals surface area contributed by atoms with Crippen LogP contribution in [0.4, 0.5) is 8.78 Å². The van der Waals surface area contributed by atoms with Gasteiger partial charge in [0.05, 0.1) is 12.7 Å². The Hall–Kier alpha value is -2.23. The molecule has 4 heteroatoms. The van der Waals surface area contributed by atoms with E-state index in [1.165, 1.54) is 7.11 Å². The summed E-state index contributed by atoms with van der Waals surface area (Å²) in [7, 11) is 1.46. The molecule has 0 atom stereocenters. The summed E-state index contributed by atoms with van der Waals surface area (Å²) in [5.74, 6) is -1.04. The predicted molar refractivity (Wildman–Crippen MR) is 72.1 cm³/mol. The molecule has 2 aromatic carbocycles. The van der Waals surface area contributed by atoms with Gasteiger partial charge in [0.15, 0.2) is 5.78 Å². The fourth-order valence-electron chi connectivity index (χ4n) is 1.99. The molecule has 0 saturated heterocycles. The lowest BCUT2D eigenvalue weighted by molar-refractivity contribution is 0.0988. The molecule has 0 spiro atoms. The quantitative estimate of drug-likeness (QED) is 0.796. The van der Waals surface area contributed by atoms with Crippen LogP contribution >= 0.6 is 0 Å². The third kappa shape index (κ3) is 3.02. The van der Waals surface area contributed by atoms with Crippen LogP contribution in [0.1, 0.15) is 21.5 Å². The average Bonchev–Trinajstić information content (AvgIpc) is 2.42. The van der Waals surface area contributed by atoms with Crippen molar-refractivity contribution in [2.24, 2.45) is 0 Å². The molecule has 2 nitrogen and oxygen atoms in total. The molecule has 0 fully saturated rings. The van der Waals surface area contributed by atoms with Gasteiger partial charge in [-0.15, -0.1) is 0 Å². The Morgan fingerprint density at radius 3 is 2.60 bits per heavy atom. The maximum Gasteiger partial charge on any atom is 0.171 e. The minimum absolute atomic E-state index is 0.0403. The zero-order valence-corrected chi connectivity index (χ0v) is 11.2. The van der Waals surface area contributed by atoms with E-state index in [2.05, 4.69) is 0 Å². The smallest absolute Gasteiger partial charge is 0.171 e. The maximum atomic E-state index is 13.6. The summed E-state index contributed by atoms with van der Waals surface area (Å²) in [5, 5.41) is 0. The van der Waals surface area contributed by atoms with E-state index in [4.69, 9.17) is 4.74 Å². The number of carbonyl (C=O) groups excluding carboxylic acids is 1. The van der Waals surface area contributed by atoms with Crippen LogP contribution in [0.15, 0.2) is 36.4 Å². The van der Waals surface area contributed by atoms with Crippen molar-refractivity contribution in [2.75, 3.05) is 7.11 Å². The summed E-state index contributed by atoms with van der Waals surface area (Å²) in [6, 6.07) is 8.26. The van der Waals surface area contributed by atoms with Crippen LogP contribution in [-0.2, 0) is 6.42 Å². The van der Waals surface area contributed by atoms with E-state index in [0.717, 1.165) is 23.8 Å². The summed E-state index contributed by atoms with van der Waals surface area (Å²) < 4.78 is 31.8. The summed E-state index contributed by atoms with van der Waals surface area (Å²) in [5.41, 5.74) is 1.31. The SMILES string of the molecule is COc1ccc(C)cc1C(=O)Cc1cc(F)ccc1F. The van der Waals surface area contributed by atoms with Gasteiger partial charge in [-0.05, 0) is 42.8 Å². The maximum absolute atomic E-state index is 13.6. The largest absolute Gasteiger partial charge is 0.496 e. The number of methoxy groups -OCH3 is 1. The van der Waals surface area contributed by atoms with E-state index in [-0.39, 0.29) is 17.8 Å². The van der Waals surface area contributed by atoms with Crippen molar-refractivity contribution in [2.45, 2.75) is 13.3 Å². The minimum Gasteiger partial charge on any atom is -0.496 e. The number of hydrogen-bond donors (Lipinski definition) is 0. The van der Waals surface area contributed by atoms with E-state index in [0.29, 0.717) is 11.3 Å². The van der Waals surface area contributed by atoms with Gasteiger partial charge in [-0.3, -0.25) is 4.79 Å². The number of ether oxygens (including phenoxy) is 1. The minimum atomic E-state index is -0.591. The molecule has 20 heavy (non-hydrogen) atoms. The molecular weight excluding hydrogens is 262 g/mol. The molecule has 0 saturated carbocycles.